The Morgan fingerprint density at radius 1 is 1.21 bits per heavy atom. The third kappa shape index (κ3) is 1.91. The van der Waals surface area contributed by atoms with Crippen LogP contribution in [0.4, 0.5) is 0 Å². The zero-order chi connectivity index (χ0) is 9.97. The molecule has 0 unspecified atom stereocenters. The van der Waals surface area contributed by atoms with E-state index in [2.05, 4.69) is 48.2 Å². The van der Waals surface area contributed by atoms with Crippen molar-refractivity contribution in [2.24, 2.45) is 0 Å². The predicted octanol–water partition coefficient (Wildman–Crippen LogP) is 2.30. The normalized spacial score (nSPS) is 11.1. The quantitative estimate of drug-likeness (QED) is 0.715. The van der Waals surface area contributed by atoms with Crippen LogP contribution in [0, 0.1) is 0 Å². The lowest BCUT2D eigenvalue weighted by Gasteiger charge is -2.09. The highest BCUT2D eigenvalue weighted by molar-refractivity contribution is 5.78. The van der Waals surface area contributed by atoms with Gasteiger partial charge in [0.1, 0.15) is 0 Å². The summed E-state index contributed by atoms with van der Waals surface area (Å²) >= 11 is 0. The second-order valence-corrected chi connectivity index (χ2v) is 3.77. The van der Waals surface area contributed by atoms with Crippen LogP contribution in [0.5, 0.6) is 0 Å². The Bertz CT molecular complexity index is 435. The van der Waals surface area contributed by atoms with Crippen molar-refractivity contribution in [2.45, 2.75) is 6.54 Å². The van der Waals surface area contributed by atoms with Crippen LogP contribution in [0.15, 0.2) is 36.5 Å². The van der Waals surface area contributed by atoms with Crippen LogP contribution in [-0.4, -0.2) is 24.0 Å². The molecule has 0 atom stereocenters. The van der Waals surface area contributed by atoms with Gasteiger partial charge in [-0.1, -0.05) is 18.2 Å². The number of aromatic nitrogens is 1. The zero-order valence-corrected chi connectivity index (χ0v) is 8.57. The van der Waals surface area contributed by atoms with Gasteiger partial charge in [-0.25, -0.2) is 0 Å². The van der Waals surface area contributed by atoms with E-state index >= 15 is 0 Å². The topological polar surface area (TPSA) is 16.1 Å². The third-order valence-corrected chi connectivity index (χ3v) is 2.17. The Morgan fingerprint density at radius 2 is 2.07 bits per heavy atom. The minimum Gasteiger partial charge on any atom is -0.305 e. The summed E-state index contributed by atoms with van der Waals surface area (Å²) in [6.07, 6.45) is 1.84. The van der Waals surface area contributed by atoms with Crippen LogP contribution < -0.4 is 0 Å². The van der Waals surface area contributed by atoms with Gasteiger partial charge >= 0.3 is 0 Å². The number of nitrogens with zero attached hydrogens (tertiary/aromatic N) is 2. The molecule has 0 aliphatic heterocycles. The average molecular weight is 186 g/mol. The standard InChI is InChI=1S/C12H14N2/c1-14(2)9-10-5-6-11-4-3-7-13-12(11)8-10/h3-8H,9H2,1-2H3. The summed E-state index contributed by atoms with van der Waals surface area (Å²) in [6.45, 7) is 0.965. The van der Waals surface area contributed by atoms with Gasteiger partial charge in [0.05, 0.1) is 5.52 Å². The van der Waals surface area contributed by atoms with Crippen molar-refractivity contribution in [1.82, 2.24) is 9.88 Å². The summed E-state index contributed by atoms with van der Waals surface area (Å²) in [5.74, 6) is 0. The Hall–Kier alpha value is -1.41. The molecule has 72 valence electrons. The Kier molecular flexibility index (Phi) is 2.46. The maximum atomic E-state index is 4.33. The van der Waals surface area contributed by atoms with Crippen molar-refractivity contribution in [3.63, 3.8) is 0 Å². The van der Waals surface area contributed by atoms with E-state index < -0.39 is 0 Å². The van der Waals surface area contributed by atoms with Gasteiger partial charge in [0.25, 0.3) is 0 Å². The van der Waals surface area contributed by atoms with Crippen molar-refractivity contribution in [3.8, 4) is 0 Å². The van der Waals surface area contributed by atoms with E-state index in [9.17, 15) is 0 Å². The van der Waals surface area contributed by atoms with Crippen LogP contribution in [0.3, 0.4) is 0 Å². The molecule has 2 aromatic rings. The molecule has 0 amide bonds. The maximum absolute atomic E-state index is 4.33. The molecule has 2 rings (SSSR count). The first-order valence-corrected chi connectivity index (χ1v) is 4.74. The number of benzene rings is 1. The third-order valence-electron chi connectivity index (χ3n) is 2.17. The number of hydrogen-bond acceptors (Lipinski definition) is 2. The molecule has 0 spiro atoms. The van der Waals surface area contributed by atoms with Gasteiger partial charge in [-0.2, -0.15) is 0 Å². The lowest BCUT2D eigenvalue weighted by atomic mass is 10.1. The number of fused-ring (bicyclic) bond motifs is 1. The van der Waals surface area contributed by atoms with E-state index in [1.54, 1.807) is 0 Å². The molecule has 1 aromatic heterocycles. The molecular formula is C12H14N2. The van der Waals surface area contributed by atoms with Gasteiger partial charge in [-0.05, 0) is 31.8 Å². The van der Waals surface area contributed by atoms with Gasteiger partial charge < -0.3 is 4.90 Å². The Labute approximate surface area is 84.2 Å². The molecule has 0 fully saturated rings. The Balaban J connectivity index is 2.41. The highest BCUT2D eigenvalue weighted by atomic mass is 15.0. The number of pyridine rings is 1. The molecule has 14 heavy (non-hydrogen) atoms. The highest BCUT2D eigenvalue weighted by Gasteiger charge is 1.97. The van der Waals surface area contributed by atoms with Gasteiger partial charge in [0.15, 0.2) is 0 Å². The molecule has 0 N–H and O–H groups in total. The van der Waals surface area contributed by atoms with Crippen LogP contribution in [0.1, 0.15) is 5.56 Å². The van der Waals surface area contributed by atoms with Crippen LogP contribution >= 0.6 is 0 Å². The second-order valence-electron chi connectivity index (χ2n) is 3.77. The predicted molar refractivity (Wildman–Crippen MR) is 59.1 cm³/mol. The lowest BCUT2D eigenvalue weighted by Crippen LogP contribution is -2.10. The molecule has 0 radical (unpaired) electrons. The summed E-state index contributed by atoms with van der Waals surface area (Å²) < 4.78 is 0. The van der Waals surface area contributed by atoms with E-state index in [4.69, 9.17) is 0 Å². The van der Waals surface area contributed by atoms with E-state index in [0.29, 0.717) is 0 Å². The second kappa shape index (κ2) is 3.76. The van der Waals surface area contributed by atoms with E-state index in [0.717, 1.165) is 12.1 Å². The van der Waals surface area contributed by atoms with Crippen molar-refractivity contribution in [2.75, 3.05) is 14.1 Å². The van der Waals surface area contributed by atoms with Crippen LogP contribution in [-0.2, 0) is 6.54 Å². The van der Waals surface area contributed by atoms with Crippen LogP contribution in [0.2, 0.25) is 0 Å². The van der Waals surface area contributed by atoms with Crippen molar-refractivity contribution in [3.05, 3.63) is 42.1 Å². The fraction of sp³-hybridized carbons (Fsp3) is 0.250. The maximum Gasteiger partial charge on any atom is 0.0705 e. The largest absolute Gasteiger partial charge is 0.305 e. The molecular weight excluding hydrogens is 172 g/mol. The molecule has 0 saturated heterocycles. The lowest BCUT2D eigenvalue weighted by molar-refractivity contribution is 0.402. The highest BCUT2D eigenvalue weighted by Crippen LogP contribution is 2.13. The first-order valence-electron chi connectivity index (χ1n) is 4.74. The van der Waals surface area contributed by atoms with Gasteiger partial charge in [-0.15, -0.1) is 0 Å². The smallest absolute Gasteiger partial charge is 0.0705 e. The molecule has 2 nitrogen and oxygen atoms in total. The van der Waals surface area contributed by atoms with Crippen molar-refractivity contribution in [1.29, 1.82) is 0 Å². The summed E-state index contributed by atoms with van der Waals surface area (Å²) in [5, 5.41) is 1.20. The average Bonchev–Trinajstić information content (AvgIpc) is 2.17. The number of rotatable bonds is 2. The number of hydrogen-bond donors (Lipinski definition) is 0. The molecule has 0 saturated carbocycles. The summed E-state index contributed by atoms with van der Waals surface area (Å²) in [4.78, 5) is 6.49. The van der Waals surface area contributed by atoms with Gasteiger partial charge in [0.2, 0.25) is 0 Å². The first kappa shape index (κ1) is 9.16. The minimum atomic E-state index is 0.965. The molecule has 0 bridgehead atoms. The van der Waals surface area contributed by atoms with E-state index in [1.807, 2.05) is 12.3 Å². The fourth-order valence-electron chi connectivity index (χ4n) is 1.58. The molecule has 0 aliphatic rings. The van der Waals surface area contributed by atoms with Gasteiger partial charge in [0, 0.05) is 18.1 Å². The monoisotopic (exact) mass is 186 g/mol. The van der Waals surface area contributed by atoms with E-state index in [1.165, 1.54) is 10.9 Å². The van der Waals surface area contributed by atoms with Crippen molar-refractivity contribution >= 4 is 10.9 Å². The SMILES string of the molecule is CN(C)Cc1ccc2cccnc2c1. The molecule has 2 heteroatoms. The summed E-state index contributed by atoms with van der Waals surface area (Å²) in [7, 11) is 4.14. The summed E-state index contributed by atoms with van der Waals surface area (Å²) in [5.41, 5.74) is 2.38. The fourth-order valence-corrected chi connectivity index (χ4v) is 1.58. The van der Waals surface area contributed by atoms with Crippen LogP contribution in [0.25, 0.3) is 10.9 Å². The minimum absolute atomic E-state index is 0.965. The van der Waals surface area contributed by atoms with E-state index in [-0.39, 0.29) is 0 Å². The van der Waals surface area contributed by atoms with Crippen molar-refractivity contribution < 1.29 is 0 Å². The Morgan fingerprint density at radius 3 is 2.86 bits per heavy atom. The molecule has 0 aliphatic carbocycles. The first-order chi connectivity index (χ1) is 6.75. The van der Waals surface area contributed by atoms with Gasteiger partial charge in [-0.3, -0.25) is 4.98 Å². The zero-order valence-electron chi connectivity index (χ0n) is 8.57. The summed E-state index contributed by atoms with van der Waals surface area (Å²) in [6, 6.07) is 10.5. The molecule has 1 heterocycles. The molecule has 1 aromatic carbocycles.